The number of amides is 1. The van der Waals surface area contributed by atoms with Crippen LogP contribution in [0.5, 0.6) is 0 Å². The lowest BCUT2D eigenvalue weighted by Gasteiger charge is -2.40. The zero-order valence-corrected chi connectivity index (χ0v) is 17.8. The first-order valence-electron chi connectivity index (χ1n) is 11.3. The van der Waals surface area contributed by atoms with Crippen LogP contribution in [-0.2, 0) is 23.2 Å². The third-order valence-corrected chi connectivity index (χ3v) is 6.99. The van der Waals surface area contributed by atoms with E-state index in [1.807, 2.05) is 48.8 Å². The molecule has 1 aliphatic carbocycles. The van der Waals surface area contributed by atoms with Gasteiger partial charge in [-0.1, -0.05) is 60.7 Å². The van der Waals surface area contributed by atoms with Crippen molar-refractivity contribution in [2.24, 2.45) is 0 Å². The molecule has 5 rings (SSSR count). The Labute approximate surface area is 184 Å². The van der Waals surface area contributed by atoms with Crippen molar-refractivity contribution in [1.29, 1.82) is 0 Å². The van der Waals surface area contributed by atoms with Gasteiger partial charge in [0.05, 0.1) is 12.5 Å². The minimum absolute atomic E-state index is 0.108. The quantitative estimate of drug-likeness (QED) is 0.676. The molecule has 2 aliphatic rings. The predicted octanol–water partition coefficient (Wildman–Crippen LogP) is 4.42. The van der Waals surface area contributed by atoms with Gasteiger partial charge < -0.3 is 5.32 Å². The molecule has 0 unspecified atom stereocenters. The molecule has 1 spiro atoms. The minimum Gasteiger partial charge on any atom is -0.349 e. The average molecular weight is 412 g/mol. The molecule has 0 bridgehead atoms. The fraction of sp³-hybridized carbons (Fsp3) is 0.333. The molecule has 2 aromatic carbocycles. The molecule has 1 N–H and O–H groups in total. The molecule has 4 nitrogen and oxygen atoms in total. The second-order valence-electron chi connectivity index (χ2n) is 8.99. The van der Waals surface area contributed by atoms with Crippen LogP contribution in [-0.4, -0.2) is 28.9 Å². The number of carbonyl (C=O) groups excluding carboxylic acids is 1. The number of hydrogen-bond donors (Lipinski definition) is 1. The van der Waals surface area contributed by atoms with Crippen LogP contribution < -0.4 is 5.32 Å². The van der Waals surface area contributed by atoms with E-state index >= 15 is 0 Å². The van der Waals surface area contributed by atoms with Gasteiger partial charge in [0.2, 0.25) is 5.91 Å². The van der Waals surface area contributed by atoms with Crippen molar-refractivity contribution >= 4 is 5.91 Å². The number of benzene rings is 2. The van der Waals surface area contributed by atoms with Crippen LogP contribution in [0.25, 0.3) is 0 Å². The van der Waals surface area contributed by atoms with E-state index in [9.17, 15) is 4.79 Å². The van der Waals surface area contributed by atoms with Gasteiger partial charge in [0, 0.05) is 24.4 Å². The SMILES string of the molecule is O=C(Cc1ccccc1)N[C@@H]1CC2(CCN(Cc3cccnc3)CC2)c2ccccc21. The van der Waals surface area contributed by atoms with Crippen LogP contribution in [0, 0.1) is 0 Å². The number of likely N-dealkylation sites (tertiary alicyclic amines) is 1. The van der Waals surface area contributed by atoms with Gasteiger partial charge in [-0.3, -0.25) is 14.7 Å². The van der Waals surface area contributed by atoms with Crippen molar-refractivity contribution in [3.8, 4) is 0 Å². The fourth-order valence-electron chi connectivity index (χ4n) is 5.41. The van der Waals surface area contributed by atoms with Crippen LogP contribution >= 0.6 is 0 Å². The second kappa shape index (κ2) is 8.64. The van der Waals surface area contributed by atoms with E-state index in [0.717, 1.165) is 44.5 Å². The molecule has 1 amide bonds. The Morgan fingerprint density at radius 2 is 1.71 bits per heavy atom. The number of piperidine rings is 1. The number of rotatable bonds is 5. The van der Waals surface area contributed by atoms with E-state index in [1.165, 1.54) is 16.7 Å². The zero-order valence-electron chi connectivity index (χ0n) is 17.8. The highest BCUT2D eigenvalue weighted by atomic mass is 16.1. The van der Waals surface area contributed by atoms with E-state index in [1.54, 1.807) is 0 Å². The topological polar surface area (TPSA) is 45.2 Å². The molecule has 2 heterocycles. The molecule has 1 fully saturated rings. The van der Waals surface area contributed by atoms with Crippen molar-refractivity contribution in [3.63, 3.8) is 0 Å². The van der Waals surface area contributed by atoms with Crippen LogP contribution in [0.1, 0.15) is 47.6 Å². The molecule has 1 atom stereocenters. The standard InChI is InChI=1S/C27H29N3O/c31-26(17-21-7-2-1-3-8-21)29-25-18-27(24-11-5-4-10-23(24)25)12-15-30(16-13-27)20-22-9-6-14-28-19-22/h1-11,14,19,25H,12-13,15-18,20H2,(H,29,31)/t25-/m1/s1. The van der Waals surface area contributed by atoms with Gasteiger partial charge in [0.1, 0.15) is 0 Å². The van der Waals surface area contributed by atoms with Crippen molar-refractivity contribution in [2.45, 2.75) is 43.7 Å². The lowest BCUT2D eigenvalue weighted by Crippen LogP contribution is -2.41. The van der Waals surface area contributed by atoms with Crippen LogP contribution in [0.3, 0.4) is 0 Å². The van der Waals surface area contributed by atoms with E-state index in [2.05, 4.69) is 45.5 Å². The summed E-state index contributed by atoms with van der Waals surface area (Å²) in [4.78, 5) is 19.6. The number of pyridine rings is 1. The summed E-state index contributed by atoms with van der Waals surface area (Å²) in [5, 5.41) is 3.35. The van der Waals surface area contributed by atoms with Crippen molar-refractivity contribution < 1.29 is 4.79 Å². The minimum atomic E-state index is 0.108. The Kier molecular flexibility index (Phi) is 5.56. The first-order valence-corrected chi connectivity index (χ1v) is 11.3. The maximum atomic E-state index is 12.8. The Hall–Kier alpha value is -2.98. The molecular weight excluding hydrogens is 382 g/mol. The summed E-state index contributed by atoms with van der Waals surface area (Å²) in [6.45, 7) is 3.12. The summed E-state index contributed by atoms with van der Waals surface area (Å²) in [5.41, 5.74) is 5.26. The van der Waals surface area contributed by atoms with E-state index < -0.39 is 0 Å². The van der Waals surface area contributed by atoms with Gasteiger partial charge >= 0.3 is 0 Å². The fourth-order valence-corrected chi connectivity index (χ4v) is 5.41. The Bertz CT molecular complexity index is 1030. The second-order valence-corrected chi connectivity index (χ2v) is 8.99. The number of nitrogens with one attached hydrogen (secondary N) is 1. The van der Waals surface area contributed by atoms with Crippen molar-refractivity contribution in [3.05, 3.63) is 101 Å². The Morgan fingerprint density at radius 3 is 2.48 bits per heavy atom. The number of fused-ring (bicyclic) bond motifs is 2. The maximum Gasteiger partial charge on any atom is 0.224 e. The van der Waals surface area contributed by atoms with E-state index in [0.29, 0.717) is 6.42 Å². The first-order chi connectivity index (χ1) is 15.2. The number of aromatic nitrogens is 1. The average Bonchev–Trinajstić information content (AvgIpc) is 3.10. The molecule has 4 heteroatoms. The van der Waals surface area contributed by atoms with Crippen LogP contribution in [0.15, 0.2) is 79.1 Å². The molecule has 31 heavy (non-hydrogen) atoms. The number of nitrogens with zero attached hydrogens (tertiary/aromatic N) is 2. The van der Waals surface area contributed by atoms with E-state index in [-0.39, 0.29) is 17.4 Å². The normalized spacial score (nSPS) is 19.8. The van der Waals surface area contributed by atoms with Crippen LogP contribution in [0.2, 0.25) is 0 Å². The molecule has 0 radical (unpaired) electrons. The zero-order chi connectivity index (χ0) is 21.1. The summed E-state index contributed by atoms with van der Waals surface area (Å²) in [6.07, 6.45) is 7.51. The summed E-state index contributed by atoms with van der Waals surface area (Å²) >= 11 is 0. The number of carbonyl (C=O) groups is 1. The summed E-state index contributed by atoms with van der Waals surface area (Å²) in [7, 11) is 0. The monoisotopic (exact) mass is 411 g/mol. The third kappa shape index (κ3) is 4.26. The summed E-state index contributed by atoms with van der Waals surface area (Å²) in [5.74, 6) is 0.108. The molecule has 0 saturated carbocycles. The van der Waals surface area contributed by atoms with Gasteiger partial charge in [0.25, 0.3) is 0 Å². The lowest BCUT2D eigenvalue weighted by atomic mass is 9.73. The highest BCUT2D eigenvalue weighted by molar-refractivity contribution is 5.79. The lowest BCUT2D eigenvalue weighted by molar-refractivity contribution is -0.121. The van der Waals surface area contributed by atoms with Crippen molar-refractivity contribution in [1.82, 2.24) is 15.2 Å². The van der Waals surface area contributed by atoms with Gasteiger partial charge in [-0.05, 0) is 60.7 Å². The summed E-state index contributed by atoms with van der Waals surface area (Å²) < 4.78 is 0. The third-order valence-electron chi connectivity index (χ3n) is 6.99. The smallest absolute Gasteiger partial charge is 0.224 e. The Balaban J connectivity index is 1.27. The van der Waals surface area contributed by atoms with Crippen LogP contribution in [0.4, 0.5) is 0 Å². The molecule has 158 valence electrons. The highest BCUT2D eigenvalue weighted by Gasteiger charge is 2.45. The molecule has 1 saturated heterocycles. The molecular formula is C27H29N3O. The van der Waals surface area contributed by atoms with Gasteiger partial charge in [-0.25, -0.2) is 0 Å². The van der Waals surface area contributed by atoms with Gasteiger partial charge in [-0.15, -0.1) is 0 Å². The van der Waals surface area contributed by atoms with Gasteiger partial charge in [0.15, 0.2) is 0 Å². The molecule has 1 aliphatic heterocycles. The van der Waals surface area contributed by atoms with Gasteiger partial charge in [-0.2, -0.15) is 0 Å². The highest BCUT2D eigenvalue weighted by Crippen LogP contribution is 2.50. The Morgan fingerprint density at radius 1 is 0.968 bits per heavy atom. The predicted molar refractivity (Wildman–Crippen MR) is 123 cm³/mol. The number of hydrogen-bond acceptors (Lipinski definition) is 3. The van der Waals surface area contributed by atoms with Crippen molar-refractivity contribution in [2.75, 3.05) is 13.1 Å². The van der Waals surface area contributed by atoms with E-state index in [4.69, 9.17) is 0 Å². The summed E-state index contributed by atoms with van der Waals surface area (Å²) in [6, 6.07) is 23.0. The molecule has 1 aromatic heterocycles. The maximum absolute atomic E-state index is 12.8. The molecule has 3 aromatic rings. The first kappa shape index (κ1) is 20.0. The largest absolute Gasteiger partial charge is 0.349 e.